The Morgan fingerprint density at radius 1 is 1.80 bits per heavy atom. The van der Waals surface area contributed by atoms with Crippen molar-refractivity contribution in [3.8, 4) is 0 Å². The van der Waals surface area contributed by atoms with Gasteiger partial charge in [-0.1, -0.05) is 0 Å². The molecule has 4 heteroatoms. The molecule has 2 N–H and O–H groups in total. The van der Waals surface area contributed by atoms with Crippen LogP contribution in [0.15, 0.2) is 0 Å². The van der Waals surface area contributed by atoms with Gasteiger partial charge < -0.3 is 15.2 Å². The molecule has 1 atom stereocenters. The van der Waals surface area contributed by atoms with E-state index in [1.165, 1.54) is 0 Å². The van der Waals surface area contributed by atoms with Crippen LogP contribution in [0, 0.1) is 0 Å². The van der Waals surface area contributed by atoms with Crippen molar-refractivity contribution >= 4 is 5.91 Å². The second-order valence-corrected chi connectivity index (χ2v) is 2.26. The van der Waals surface area contributed by atoms with Gasteiger partial charge in [-0.05, 0) is 6.42 Å². The van der Waals surface area contributed by atoms with Gasteiger partial charge in [0, 0.05) is 6.61 Å². The van der Waals surface area contributed by atoms with Crippen LogP contribution in [0.4, 0.5) is 0 Å². The first-order valence-corrected chi connectivity index (χ1v) is 3.26. The Morgan fingerprint density at radius 2 is 2.60 bits per heavy atom. The molecule has 0 aromatic rings. The van der Waals surface area contributed by atoms with Gasteiger partial charge in [0.05, 0.1) is 12.7 Å². The van der Waals surface area contributed by atoms with Crippen LogP contribution in [0.25, 0.3) is 0 Å². The first-order chi connectivity index (χ1) is 4.79. The minimum absolute atomic E-state index is 0.00796. The molecule has 1 aliphatic heterocycles. The second kappa shape index (κ2) is 3.53. The summed E-state index contributed by atoms with van der Waals surface area (Å²) < 4.78 is 10.1. The number of nitrogens with two attached hydrogens (primary N) is 1. The molecule has 0 saturated carbocycles. The summed E-state index contributed by atoms with van der Waals surface area (Å²) >= 11 is 0. The van der Waals surface area contributed by atoms with Gasteiger partial charge >= 0.3 is 0 Å². The van der Waals surface area contributed by atoms with Gasteiger partial charge in [-0.2, -0.15) is 0 Å². The number of hydrogen-bond donors (Lipinski definition) is 1. The highest BCUT2D eigenvalue weighted by atomic mass is 16.5. The smallest absolute Gasteiger partial charge is 0.243 e. The van der Waals surface area contributed by atoms with Crippen molar-refractivity contribution < 1.29 is 14.3 Å². The molecule has 0 aliphatic carbocycles. The van der Waals surface area contributed by atoms with E-state index in [-0.39, 0.29) is 12.7 Å². The molecule has 1 saturated heterocycles. The Kier molecular flexibility index (Phi) is 2.65. The van der Waals surface area contributed by atoms with Gasteiger partial charge in [0.1, 0.15) is 6.61 Å². The first kappa shape index (κ1) is 7.50. The SMILES string of the molecule is NC(=O)CO[C@H]1CCOC1. The Labute approximate surface area is 59.3 Å². The third-order valence-electron chi connectivity index (χ3n) is 1.35. The van der Waals surface area contributed by atoms with Crippen LogP contribution < -0.4 is 5.73 Å². The Bertz CT molecular complexity index is 120. The van der Waals surface area contributed by atoms with Crippen LogP contribution >= 0.6 is 0 Å². The van der Waals surface area contributed by atoms with Crippen molar-refractivity contribution in [2.45, 2.75) is 12.5 Å². The maximum atomic E-state index is 10.2. The maximum absolute atomic E-state index is 10.2. The highest BCUT2D eigenvalue weighted by molar-refractivity contribution is 5.74. The fourth-order valence-electron chi connectivity index (χ4n) is 0.844. The van der Waals surface area contributed by atoms with E-state index >= 15 is 0 Å². The number of rotatable bonds is 3. The van der Waals surface area contributed by atoms with Crippen molar-refractivity contribution in [2.75, 3.05) is 19.8 Å². The molecule has 10 heavy (non-hydrogen) atoms. The molecular weight excluding hydrogens is 134 g/mol. The lowest BCUT2D eigenvalue weighted by molar-refractivity contribution is -0.124. The van der Waals surface area contributed by atoms with Crippen LogP contribution in [0.1, 0.15) is 6.42 Å². The fourth-order valence-corrected chi connectivity index (χ4v) is 0.844. The molecule has 1 fully saturated rings. The zero-order valence-electron chi connectivity index (χ0n) is 5.71. The predicted molar refractivity (Wildman–Crippen MR) is 34.4 cm³/mol. The van der Waals surface area contributed by atoms with E-state index in [0.29, 0.717) is 6.61 Å². The second-order valence-electron chi connectivity index (χ2n) is 2.26. The standard InChI is InChI=1S/C6H11NO3/c7-6(8)4-10-5-1-2-9-3-5/h5H,1-4H2,(H2,7,8)/t5-/m0/s1. The predicted octanol–water partition coefficient (Wildman–Crippen LogP) is -0.723. The normalized spacial score (nSPS) is 25.0. The molecule has 0 aromatic heterocycles. The highest BCUT2D eigenvalue weighted by Gasteiger charge is 2.16. The molecule has 1 heterocycles. The van der Waals surface area contributed by atoms with Gasteiger partial charge in [-0.3, -0.25) is 4.79 Å². The first-order valence-electron chi connectivity index (χ1n) is 3.26. The maximum Gasteiger partial charge on any atom is 0.243 e. The summed E-state index contributed by atoms with van der Waals surface area (Å²) in [6.45, 7) is 1.32. The third-order valence-corrected chi connectivity index (χ3v) is 1.35. The Balaban J connectivity index is 2.07. The fraction of sp³-hybridized carbons (Fsp3) is 0.833. The number of hydrogen-bond acceptors (Lipinski definition) is 3. The van der Waals surface area contributed by atoms with Crippen molar-refractivity contribution in [3.05, 3.63) is 0 Å². The van der Waals surface area contributed by atoms with Crippen molar-refractivity contribution in [2.24, 2.45) is 5.73 Å². The summed E-state index contributed by atoms with van der Waals surface area (Å²) in [6, 6.07) is 0. The lowest BCUT2D eigenvalue weighted by Gasteiger charge is -2.05. The number of carbonyl (C=O) groups is 1. The number of primary amides is 1. The Morgan fingerprint density at radius 3 is 3.10 bits per heavy atom. The molecule has 0 aromatic carbocycles. The molecule has 0 unspecified atom stereocenters. The van der Waals surface area contributed by atoms with Gasteiger partial charge in [0.15, 0.2) is 0 Å². The van der Waals surface area contributed by atoms with E-state index in [2.05, 4.69) is 0 Å². The minimum atomic E-state index is -0.424. The zero-order chi connectivity index (χ0) is 7.40. The van der Waals surface area contributed by atoms with Crippen LogP contribution in [0.5, 0.6) is 0 Å². The molecule has 1 amide bonds. The van der Waals surface area contributed by atoms with E-state index in [9.17, 15) is 4.79 Å². The molecule has 0 radical (unpaired) electrons. The number of amides is 1. The van der Waals surface area contributed by atoms with Gasteiger partial charge in [-0.25, -0.2) is 0 Å². The largest absolute Gasteiger partial charge is 0.379 e. The van der Waals surface area contributed by atoms with Gasteiger partial charge in [-0.15, -0.1) is 0 Å². The van der Waals surface area contributed by atoms with Gasteiger partial charge in [0.25, 0.3) is 0 Å². The van der Waals surface area contributed by atoms with E-state index in [1.54, 1.807) is 0 Å². The van der Waals surface area contributed by atoms with Crippen LogP contribution in [-0.4, -0.2) is 31.8 Å². The van der Waals surface area contributed by atoms with Crippen LogP contribution in [0.2, 0.25) is 0 Å². The average Bonchev–Trinajstić information content (AvgIpc) is 2.34. The summed E-state index contributed by atoms with van der Waals surface area (Å²) in [4.78, 5) is 10.2. The quantitative estimate of drug-likeness (QED) is 0.570. The van der Waals surface area contributed by atoms with Crippen LogP contribution in [0.3, 0.4) is 0 Å². The van der Waals surface area contributed by atoms with Crippen molar-refractivity contribution in [1.82, 2.24) is 0 Å². The summed E-state index contributed by atoms with van der Waals surface area (Å²) in [7, 11) is 0. The van der Waals surface area contributed by atoms with E-state index < -0.39 is 5.91 Å². The minimum Gasteiger partial charge on any atom is -0.379 e. The lowest BCUT2D eigenvalue weighted by atomic mass is 10.3. The molecule has 58 valence electrons. The van der Waals surface area contributed by atoms with E-state index in [4.69, 9.17) is 15.2 Å². The molecule has 1 rings (SSSR count). The zero-order valence-corrected chi connectivity index (χ0v) is 5.71. The van der Waals surface area contributed by atoms with Crippen LogP contribution in [-0.2, 0) is 14.3 Å². The topological polar surface area (TPSA) is 61.6 Å². The third kappa shape index (κ3) is 2.33. The van der Waals surface area contributed by atoms with Gasteiger partial charge in [0.2, 0.25) is 5.91 Å². The summed E-state index contributed by atoms with van der Waals surface area (Å²) in [6.07, 6.45) is 0.945. The van der Waals surface area contributed by atoms with Crippen molar-refractivity contribution in [1.29, 1.82) is 0 Å². The monoisotopic (exact) mass is 145 g/mol. The summed E-state index contributed by atoms with van der Waals surface area (Å²) in [5.41, 5.74) is 4.87. The van der Waals surface area contributed by atoms with Crippen molar-refractivity contribution in [3.63, 3.8) is 0 Å². The Hall–Kier alpha value is -0.610. The summed E-state index contributed by atoms with van der Waals surface area (Å²) in [5.74, 6) is -0.424. The van der Waals surface area contributed by atoms with E-state index in [0.717, 1.165) is 13.0 Å². The average molecular weight is 145 g/mol. The number of ether oxygens (including phenoxy) is 2. The number of carbonyl (C=O) groups excluding carboxylic acids is 1. The van der Waals surface area contributed by atoms with E-state index in [1.807, 2.05) is 0 Å². The molecular formula is C6H11NO3. The highest BCUT2D eigenvalue weighted by Crippen LogP contribution is 2.06. The summed E-state index contributed by atoms with van der Waals surface area (Å²) in [5, 5.41) is 0. The lowest BCUT2D eigenvalue weighted by Crippen LogP contribution is -2.23. The molecule has 0 bridgehead atoms. The molecule has 0 spiro atoms. The molecule has 1 aliphatic rings. The molecule has 4 nitrogen and oxygen atoms in total.